The maximum absolute atomic E-state index is 13.5. The van der Waals surface area contributed by atoms with Crippen LogP contribution < -0.4 is 4.74 Å². The van der Waals surface area contributed by atoms with Crippen molar-refractivity contribution in [1.82, 2.24) is 14.9 Å². The Morgan fingerprint density at radius 2 is 1.87 bits per heavy atom. The molecule has 1 aromatic heterocycles. The molecule has 196 valence electrons. The van der Waals surface area contributed by atoms with Gasteiger partial charge in [0.25, 0.3) is 0 Å². The highest BCUT2D eigenvalue weighted by atomic mass is 16.5. The summed E-state index contributed by atoms with van der Waals surface area (Å²) in [6.07, 6.45) is 2.84. The number of isocyanates is 1. The number of carbonyl (C=O) groups excluding carboxylic acids is 3. The Morgan fingerprint density at radius 3 is 2.50 bits per heavy atom. The average molecular weight is 515 g/mol. The molecule has 4 rings (SSSR count). The van der Waals surface area contributed by atoms with E-state index in [1.165, 1.54) is 18.1 Å². The SMILES string of the molecule is C=Cc1cccc(-c2nc3ccccc3nc2O[C@@H]2C[C@@H](C(=O)OC)N(C(=O)[C@@H](N=C=O)C(C)(C)C)C2)c1. The van der Waals surface area contributed by atoms with Gasteiger partial charge in [0.1, 0.15) is 23.9 Å². The van der Waals surface area contributed by atoms with Gasteiger partial charge in [-0.25, -0.2) is 19.6 Å². The van der Waals surface area contributed by atoms with E-state index in [1.807, 2.05) is 48.5 Å². The van der Waals surface area contributed by atoms with Crippen LogP contribution in [-0.2, 0) is 19.1 Å². The third-order valence-electron chi connectivity index (χ3n) is 6.47. The molecule has 0 radical (unpaired) electrons. The van der Waals surface area contributed by atoms with Gasteiger partial charge in [0.15, 0.2) is 0 Å². The Balaban J connectivity index is 1.72. The lowest BCUT2D eigenvalue weighted by atomic mass is 9.86. The normalized spacial score (nSPS) is 17.9. The van der Waals surface area contributed by atoms with Crippen LogP contribution in [0, 0.1) is 5.41 Å². The Labute approximate surface area is 221 Å². The van der Waals surface area contributed by atoms with Crippen molar-refractivity contribution in [2.24, 2.45) is 10.4 Å². The average Bonchev–Trinajstić information content (AvgIpc) is 3.33. The van der Waals surface area contributed by atoms with Gasteiger partial charge in [-0.3, -0.25) is 4.79 Å². The van der Waals surface area contributed by atoms with Gasteiger partial charge < -0.3 is 14.4 Å². The zero-order chi connectivity index (χ0) is 27.4. The first-order chi connectivity index (χ1) is 18.2. The number of amides is 1. The van der Waals surface area contributed by atoms with E-state index in [-0.39, 0.29) is 18.8 Å². The highest BCUT2D eigenvalue weighted by Crippen LogP contribution is 2.34. The topological polar surface area (TPSA) is 111 Å². The zero-order valence-corrected chi connectivity index (χ0v) is 21.9. The van der Waals surface area contributed by atoms with E-state index in [9.17, 15) is 14.4 Å². The molecule has 3 atom stereocenters. The fraction of sp³-hybridized carbons (Fsp3) is 0.345. The monoisotopic (exact) mass is 514 g/mol. The van der Waals surface area contributed by atoms with Gasteiger partial charge in [-0.2, -0.15) is 4.99 Å². The number of aromatic nitrogens is 2. The lowest BCUT2D eigenvalue weighted by molar-refractivity contribution is -0.152. The van der Waals surface area contributed by atoms with Crippen LogP contribution in [0.4, 0.5) is 0 Å². The van der Waals surface area contributed by atoms with Gasteiger partial charge >= 0.3 is 5.97 Å². The molecule has 1 aliphatic rings. The molecule has 1 saturated heterocycles. The largest absolute Gasteiger partial charge is 0.471 e. The van der Waals surface area contributed by atoms with Gasteiger partial charge in [-0.1, -0.05) is 63.8 Å². The number of ether oxygens (including phenoxy) is 2. The second-order valence-corrected chi connectivity index (χ2v) is 10.2. The summed E-state index contributed by atoms with van der Waals surface area (Å²) in [5.74, 6) is -0.757. The molecular weight excluding hydrogens is 484 g/mol. The van der Waals surface area contributed by atoms with Gasteiger partial charge in [-0.15, -0.1) is 0 Å². The first-order valence-electron chi connectivity index (χ1n) is 12.3. The minimum absolute atomic E-state index is 0.0835. The molecule has 1 amide bonds. The van der Waals surface area contributed by atoms with E-state index in [2.05, 4.69) is 11.6 Å². The molecule has 2 aromatic carbocycles. The number of hydrogen-bond acceptors (Lipinski definition) is 8. The third kappa shape index (κ3) is 5.48. The highest BCUT2D eigenvalue weighted by Gasteiger charge is 2.46. The van der Waals surface area contributed by atoms with E-state index in [1.54, 1.807) is 26.8 Å². The first-order valence-corrected chi connectivity index (χ1v) is 12.3. The molecule has 0 unspecified atom stereocenters. The zero-order valence-electron chi connectivity index (χ0n) is 21.9. The standard InChI is InChI=1S/C29H30N4O5/c1-6-18-10-9-11-19(14-18)24-26(32-22-13-8-7-12-21(22)31-24)38-20-15-23(28(36)37-5)33(16-20)27(35)25(30-17-34)29(2,3)4/h6-14,20,23,25H,1,15-16H2,2-5H3/t20-,23+,25-/m1/s1. The third-order valence-corrected chi connectivity index (χ3v) is 6.47. The van der Waals surface area contributed by atoms with Crippen LogP contribution >= 0.6 is 0 Å². The molecule has 0 N–H and O–H groups in total. The number of likely N-dealkylation sites (tertiary alicyclic amines) is 1. The van der Waals surface area contributed by atoms with Gasteiger partial charge in [0, 0.05) is 12.0 Å². The molecule has 9 heteroatoms. The first kappa shape index (κ1) is 26.7. The van der Waals surface area contributed by atoms with E-state index in [0.717, 1.165) is 11.1 Å². The molecule has 0 spiro atoms. The van der Waals surface area contributed by atoms with Crippen molar-refractivity contribution < 1.29 is 23.9 Å². The van der Waals surface area contributed by atoms with Crippen LogP contribution in [-0.4, -0.2) is 64.7 Å². The van der Waals surface area contributed by atoms with Crippen LogP contribution in [0.2, 0.25) is 0 Å². The van der Waals surface area contributed by atoms with E-state index in [0.29, 0.717) is 16.7 Å². The summed E-state index contributed by atoms with van der Waals surface area (Å²) in [7, 11) is 1.27. The quantitative estimate of drug-likeness (QED) is 0.264. The number of fused-ring (bicyclic) bond motifs is 1. The lowest BCUT2D eigenvalue weighted by Crippen LogP contribution is -2.49. The molecule has 3 aromatic rings. The Morgan fingerprint density at radius 1 is 1.16 bits per heavy atom. The fourth-order valence-electron chi connectivity index (χ4n) is 4.54. The number of para-hydroxylation sites is 2. The van der Waals surface area contributed by atoms with Crippen molar-refractivity contribution in [1.29, 1.82) is 0 Å². The summed E-state index contributed by atoms with van der Waals surface area (Å²) in [6.45, 7) is 9.31. The minimum atomic E-state index is -1.01. The number of aliphatic imine (C=N–C) groups is 1. The molecule has 0 bridgehead atoms. The predicted molar refractivity (Wildman–Crippen MR) is 143 cm³/mol. The summed E-state index contributed by atoms with van der Waals surface area (Å²) in [4.78, 5) is 51.9. The number of nitrogens with zero attached hydrogens (tertiary/aromatic N) is 4. The molecule has 0 saturated carbocycles. The van der Waals surface area contributed by atoms with Crippen LogP contribution in [0.3, 0.4) is 0 Å². The molecule has 38 heavy (non-hydrogen) atoms. The number of methoxy groups -OCH3 is 1. The lowest BCUT2D eigenvalue weighted by Gasteiger charge is -2.31. The van der Waals surface area contributed by atoms with Crippen molar-refractivity contribution in [3.63, 3.8) is 0 Å². The Hall–Kier alpha value is -4.36. The van der Waals surface area contributed by atoms with Crippen LogP contribution in [0.25, 0.3) is 28.4 Å². The van der Waals surface area contributed by atoms with Gasteiger partial charge in [-0.05, 0) is 29.2 Å². The predicted octanol–water partition coefficient (Wildman–Crippen LogP) is 4.21. The summed E-state index contributed by atoms with van der Waals surface area (Å²) in [5.41, 5.74) is 2.92. The highest BCUT2D eigenvalue weighted by molar-refractivity contribution is 5.89. The van der Waals surface area contributed by atoms with Crippen molar-refractivity contribution in [3.8, 4) is 17.1 Å². The number of esters is 1. The molecule has 1 aliphatic heterocycles. The van der Waals surface area contributed by atoms with E-state index >= 15 is 0 Å². The molecule has 0 aliphatic carbocycles. The number of benzene rings is 2. The fourth-order valence-corrected chi connectivity index (χ4v) is 4.54. The summed E-state index contributed by atoms with van der Waals surface area (Å²) in [5, 5.41) is 0. The number of hydrogen-bond donors (Lipinski definition) is 0. The smallest absolute Gasteiger partial charge is 0.328 e. The summed E-state index contributed by atoms with van der Waals surface area (Å²) >= 11 is 0. The minimum Gasteiger partial charge on any atom is -0.471 e. The Bertz CT molecular complexity index is 1420. The maximum Gasteiger partial charge on any atom is 0.328 e. The van der Waals surface area contributed by atoms with Crippen LogP contribution in [0.5, 0.6) is 5.88 Å². The Kier molecular flexibility index (Phi) is 7.69. The molecule has 9 nitrogen and oxygen atoms in total. The van der Waals surface area contributed by atoms with Crippen molar-refractivity contribution in [2.45, 2.75) is 45.4 Å². The maximum atomic E-state index is 13.5. The van der Waals surface area contributed by atoms with Crippen molar-refractivity contribution >= 4 is 35.1 Å². The van der Waals surface area contributed by atoms with Crippen molar-refractivity contribution in [3.05, 3.63) is 60.7 Å². The number of carbonyl (C=O) groups is 2. The van der Waals surface area contributed by atoms with E-state index in [4.69, 9.17) is 19.4 Å². The summed E-state index contributed by atoms with van der Waals surface area (Å²) in [6, 6.07) is 13.2. The molecular formula is C29H30N4O5. The van der Waals surface area contributed by atoms with Gasteiger partial charge in [0.2, 0.25) is 17.9 Å². The molecule has 2 heterocycles. The van der Waals surface area contributed by atoms with E-state index < -0.39 is 35.5 Å². The van der Waals surface area contributed by atoms with Crippen LogP contribution in [0.15, 0.2) is 60.1 Å². The number of rotatable bonds is 7. The summed E-state index contributed by atoms with van der Waals surface area (Å²) < 4.78 is 11.3. The molecule has 1 fully saturated rings. The van der Waals surface area contributed by atoms with Gasteiger partial charge in [0.05, 0.1) is 24.7 Å². The van der Waals surface area contributed by atoms with Crippen molar-refractivity contribution in [2.75, 3.05) is 13.7 Å². The second-order valence-electron chi connectivity index (χ2n) is 10.2. The van der Waals surface area contributed by atoms with Crippen LogP contribution in [0.1, 0.15) is 32.8 Å². The second kappa shape index (κ2) is 10.9.